The standard InChI is InChI=1S/C9H7ClINS/c10-4-6-7(12)2-1-5-3-8(11)13-9(5)6/h1-3H,4,12H2. The molecule has 2 aromatic rings. The van der Waals surface area contributed by atoms with Gasteiger partial charge in [0.05, 0.1) is 8.76 Å². The summed E-state index contributed by atoms with van der Waals surface area (Å²) in [5.74, 6) is 0.486. The third-order valence-corrected chi connectivity index (χ3v) is 4.17. The molecule has 68 valence electrons. The van der Waals surface area contributed by atoms with E-state index in [0.717, 1.165) is 11.3 Å². The molecule has 13 heavy (non-hydrogen) atoms. The maximum atomic E-state index is 5.84. The summed E-state index contributed by atoms with van der Waals surface area (Å²) < 4.78 is 2.49. The highest BCUT2D eigenvalue weighted by atomic mass is 127. The summed E-state index contributed by atoms with van der Waals surface area (Å²) in [6.45, 7) is 0. The maximum absolute atomic E-state index is 5.84. The molecule has 0 bridgehead atoms. The largest absolute Gasteiger partial charge is 0.398 e. The van der Waals surface area contributed by atoms with Crippen molar-refractivity contribution in [2.24, 2.45) is 0 Å². The zero-order chi connectivity index (χ0) is 9.42. The zero-order valence-electron chi connectivity index (χ0n) is 6.68. The van der Waals surface area contributed by atoms with Crippen molar-refractivity contribution >= 4 is 61.3 Å². The van der Waals surface area contributed by atoms with Crippen LogP contribution in [0.5, 0.6) is 0 Å². The van der Waals surface area contributed by atoms with Crippen LogP contribution in [0.25, 0.3) is 10.1 Å². The van der Waals surface area contributed by atoms with Crippen LogP contribution in [0.3, 0.4) is 0 Å². The lowest BCUT2D eigenvalue weighted by atomic mass is 10.1. The zero-order valence-corrected chi connectivity index (χ0v) is 10.4. The first kappa shape index (κ1) is 9.55. The number of rotatable bonds is 1. The van der Waals surface area contributed by atoms with E-state index in [0.29, 0.717) is 5.88 Å². The number of thiophene rings is 1. The molecule has 2 N–H and O–H groups in total. The summed E-state index contributed by atoms with van der Waals surface area (Å²) >= 11 is 9.90. The van der Waals surface area contributed by atoms with Crippen LogP contribution >= 0.6 is 45.5 Å². The molecule has 4 heteroatoms. The summed E-state index contributed by atoms with van der Waals surface area (Å²) in [6.07, 6.45) is 0. The Kier molecular flexibility index (Phi) is 2.67. The molecule has 0 aliphatic rings. The minimum Gasteiger partial charge on any atom is -0.398 e. The topological polar surface area (TPSA) is 26.0 Å². The summed E-state index contributed by atoms with van der Waals surface area (Å²) in [5, 5.41) is 1.24. The Labute approximate surface area is 99.0 Å². The van der Waals surface area contributed by atoms with Crippen molar-refractivity contribution in [3.8, 4) is 0 Å². The van der Waals surface area contributed by atoms with Crippen molar-refractivity contribution in [1.29, 1.82) is 0 Å². The number of nitrogen functional groups attached to an aromatic ring is 1. The molecule has 0 aliphatic heterocycles. The molecule has 1 aromatic heterocycles. The van der Waals surface area contributed by atoms with Crippen LogP contribution in [0.1, 0.15) is 5.56 Å². The van der Waals surface area contributed by atoms with Crippen LogP contribution in [0.4, 0.5) is 5.69 Å². The minimum atomic E-state index is 0.486. The molecule has 1 nitrogen and oxygen atoms in total. The fourth-order valence-electron chi connectivity index (χ4n) is 1.28. The summed E-state index contributed by atoms with van der Waals surface area (Å²) in [5.41, 5.74) is 7.68. The Morgan fingerprint density at radius 3 is 2.92 bits per heavy atom. The van der Waals surface area contributed by atoms with Gasteiger partial charge in [0.15, 0.2) is 0 Å². The van der Waals surface area contributed by atoms with Crippen molar-refractivity contribution in [1.82, 2.24) is 0 Å². The SMILES string of the molecule is Nc1ccc2cc(I)sc2c1CCl. The monoisotopic (exact) mass is 323 g/mol. The van der Waals surface area contributed by atoms with Gasteiger partial charge in [-0.25, -0.2) is 0 Å². The van der Waals surface area contributed by atoms with Gasteiger partial charge in [-0.1, -0.05) is 6.07 Å². The summed E-state index contributed by atoms with van der Waals surface area (Å²) in [4.78, 5) is 0. The maximum Gasteiger partial charge on any atom is 0.0666 e. The van der Waals surface area contributed by atoms with Gasteiger partial charge in [-0.2, -0.15) is 0 Å². The second-order valence-corrected chi connectivity index (χ2v) is 5.95. The van der Waals surface area contributed by atoms with E-state index in [1.807, 2.05) is 12.1 Å². The first-order valence-electron chi connectivity index (χ1n) is 3.74. The number of fused-ring (bicyclic) bond motifs is 1. The molecule has 0 aliphatic carbocycles. The lowest BCUT2D eigenvalue weighted by molar-refractivity contribution is 1.47. The average Bonchev–Trinajstić information content (AvgIpc) is 2.45. The molecule has 0 fully saturated rings. The molecule has 0 atom stereocenters. The quantitative estimate of drug-likeness (QED) is 0.482. The number of benzene rings is 1. The van der Waals surface area contributed by atoms with Crippen molar-refractivity contribution in [3.63, 3.8) is 0 Å². The lowest BCUT2D eigenvalue weighted by Crippen LogP contribution is -1.90. The predicted molar refractivity (Wildman–Crippen MR) is 68.5 cm³/mol. The normalized spacial score (nSPS) is 10.9. The number of hydrogen-bond acceptors (Lipinski definition) is 2. The lowest BCUT2D eigenvalue weighted by Gasteiger charge is -2.01. The number of alkyl halides is 1. The smallest absolute Gasteiger partial charge is 0.0666 e. The Bertz CT molecular complexity index is 452. The van der Waals surface area contributed by atoms with E-state index in [2.05, 4.69) is 28.7 Å². The van der Waals surface area contributed by atoms with Gasteiger partial charge < -0.3 is 5.73 Å². The Morgan fingerprint density at radius 1 is 1.46 bits per heavy atom. The number of halogens is 2. The third kappa shape index (κ3) is 1.65. The summed E-state index contributed by atoms with van der Waals surface area (Å²) in [6, 6.07) is 6.11. The van der Waals surface area contributed by atoms with Gasteiger partial charge in [-0.15, -0.1) is 22.9 Å². The van der Waals surface area contributed by atoms with Crippen LogP contribution in [-0.2, 0) is 5.88 Å². The van der Waals surface area contributed by atoms with E-state index in [4.69, 9.17) is 17.3 Å². The molecule has 0 spiro atoms. The molecule has 0 saturated heterocycles. The second kappa shape index (κ2) is 3.63. The van der Waals surface area contributed by atoms with E-state index in [-0.39, 0.29) is 0 Å². The third-order valence-electron chi connectivity index (χ3n) is 1.93. The van der Waals surface area contributed by atoms with Gasteiger partial charge >= 0.3 is 0 Å². The van der Waals surface area contributed by atoms with Crippen molar-refractivity contribution in [2.45, 2.75) is 5.88 Å². The molecule has 0 amide bonds. The van der Waals surface area contributed by atoms with Crippen LogP contribution in [0.15, 0.2) is 18.2 Å². The Balaban J connectivity index is 2.82. The van der Waals surface area contributed by atoms with Gasteiger partial charge in [0.2, 0.25) is 0 Å². The molecule has 1 heterocycles. The second-order valence-electron chi connectivity index (χ2n) is 2.74. The van der Waals surface area contributed by atoms with Crippen molar-refractivity contribution in [2.75, 3.05) is 5.73 Å². The first-order chi connectivity index (χ1) is 6.22. The highest BCUT2D eigenvalue weighted by Gasteiger charge is 2.07. The van der Waals surface area contributed by atoms with Crippen LogP contribution in [0.2, 0.25) is 0 Å². The minimum absolute atomic E-state index is 0.486. The molecule has 0 unspecified atom stereocenters. The molecule has 1 aromatic carbocycles. The van der Waals surface area contributed by atoms with E-state index in [1.54, 1.807) is 11.3 Å². The molecule has 2 rings (SSSR count). The Hall–Kier alpha value is -0.000000000000000167. The van der Waals surface area contributed by atoms with Crippen molar-refractivity contribution < 1.29 is 0 Å². The van der Waals surface area contributed by atoms with E-state index < -0.39 is 0 Å². The first-order valence-corrected chi connectivity index (χ1v) is 6.17. The van der Waals surface area contributed by atoms with Gasteiger partial charge in [0.25, 0.3) is 0 Å². The number of hydrogen-bond donors (Lipinski definition) is 1. The van der Waals surface area contributed by atoms with E-state index in [1.165, 1.54) is 13.0 Å². The fraction of sp³-hybridized carbons (Fsp3) is 0.111. The number of anilines is 1. The predicted octanol–water partition coefficient (Wildman–Crippen LogP) is 3.83. The molecule has 0 radical (unpaired) electrons. The Morgan fingerprint density at radius 2 is 2.23 bits per heavy atom. The van der Waals surface area contributed by atoms with Crippen LogP contribution < -0.4 is 5.73 Å². The van der Waals surface area contributed by atoms with Gasteiger partial charge in [-0.3, -0.25) is 0 Å². The van der Waals surface area contributed by atoms with Crippen molar-refractivity contribution in [3.05, 3.63) is 26.6 Å². The molecular formula is C9H7ClINS. The molecular weight excluding hydrogens is 317 g/mol. The highest BCUT2D eigenvalue weighted by molar-refractivity contribution is 14.1. The average molecular weight is 324 g/mol. The fourth-order valence-corrected chi connectivity index (χ4v) is 3.58. The van der Waals surface area contributed by atoms with Crippen LogP contribution in [-0.4, -0.2) is 0 Å². The van der Waals surface area contributed by atoms with E-state index in [9.17, 15) is 0 Å². The summed E-state index contributed by atoms with van der Waals surface area (Å²) in [7, 11) is 0. The van der Waals surface area contributed by atoms with Gasteiger partial charge in [0, 0.05) is 16.0 Å². The molecule has 0 saturated carbocycles. The number of nitrogens with two attached hydrogens (primary N) is 1. The highest BCUT2D eigenvalue weighted by Crippen LogP contribution is 2.33. The van der Waals surface area contributed by atoms with Gasteiger partial charge in [-0.05, 0) is 40.1 Å². The van der Waals surface area contributed by atoms with E-state index >= 15 is 0 Å². The van der Waals surface area contributed by atoms with Crippen LogP contribution in [0, 0.1) is 2.88 Å². The van der Waals surface area contributed by atoms with Gasteiger partial charge in [0.1, 0.15) is 0 Å².